The smallest absolute Gasteiger partial charge is 0.490 e. The third-order valence-electron chi connectivity index (χ3n) is 6.90. The Labute approximate surface area is 263 Å². The lowest BCUT2D eigenvalue weighted by Crippen LogP contribution is -2.41. The number of imidazole rings is 1. The molecular weight excluding hydrogens is 638 g/mol. The number of nitrogens with zero attached hydrogens (tertiary/aromatic N) is 4. The van der Waals surface area contributed by atoms with Crippen molar-refractivity contribution in [2.45, 2.75) is 44.4 Å². The highest BCUT2D eigenvalue weighted by molar-refractivity contribution is 5.89. The number of aliphatic carboxylic acids is 2. The number of benzene rings is 2. The van der Waals surface area contributed by atoms with E-state index in [9.17, 15) is 37.3 Å². The van der Waals surface area contributed by atoms with Gasteiger partial charge in [0.25, 0.3) is 0 Å². The Balaban J connectivity index is 0.000000555. The molecule has 47 heavy (non-hydrogen) atoms. The maximum absolute atomic E-state index is 14.9. The first kappa shape index (κ1) is 34.5. The fourth-order valence-electron chi connectivity index (χ4n) is 4.73. The van der Waals surface area contributed by atoms with Crippen LogP contribution >= 0.6 is 0 Å². The number of aromatic nitrogens is 2. The highest BCUT2D eigenvalue weighted by atomic mass is 19.4. The lowest BCUT2D eigenvalue weighted by molar-refractivity contribution is -0.389. The molecular formula is C29H29F4N5O9. The Kier molecular flexibility index (Phi) is 11.2. The number of piperidine rings is 1. The number of ether oxygens (including phenoxy) is 3. The summed E-state index contributed by atoms with van der Waals surface area (Å²) in [5.74, 6) is -3.00. The van der Waals surface area contributed by atoms with Crippen LogP contribution in [0.2, 0.25) is 0 Å². The van der Waals surface area contributed by atoms with Gasteiger partial charge in [-0.25, -0.2) is 14.0 Å². The van der Waals surface area contributed by atoms with Crippen molar-refractivity contribution in [1.82, 2.24) is 14.9 Å². The summed E-state index contributed by atoms with van der Waals surface area (Å²) in [6.45, 7) is 2.20. The van der Waals surface area contributed by atoms with E-state index < -0.39 is 23.2 Å². The van der Waals surface area contributed by atoms with E-state index in [2.05, 4.69) is 19.9 Å². The predicted octanol–water partition coefficient (Wildman–Crippen LogP) is 4.14. The molecule has 0 radical (unpaired) electrons. The highest BCUT2D eigenvalue weighted by Gasteiger charge is 2.31. The van der Waals surface area contributed by atoms with Crippen LogP contribution in [0.15, 0.2) is 60.8 Å². The maximum Gasteiger partial charge on any atom is 0.573 e. The summed E-state index contributed by atoms with van der Waals surface area (Å²) in [7, 11) is 0. The molecule has 3 N–H and O–H groups in total. The number of hydrogen-bond acceptors (Lipinski definition) is 10. The molecule has 0 bridgehead atoms. The Morgan fingerprint density at radius 1 is 1.09 bits per heavy atom. The first-order valence-corrected chi connectivity index (χ1v) is 14.0. The van der Waals surface area contributed by atoms with Crippen molar-refractivity contribution in [3.8, 4) is 17.5 Å². The van der Waals surface area contributed by atoms with Crippen molar-refractivity contribution in [3.05, 3.63) is 82.3 Å². The van der Waals surface area contributed by atoms with Crippen molar-refractivity contribution in [2.24, 2.45) is 0 Å². The number of fused-ring (bicyclic) bond motifs is 1. The number of halogens is 4. The zero-order valence-electron chi connectivity index (χ0n) is 24.4. The van der Waals surface area contributed by atoms with Crippen LogP contribution in [0.25, 0.3) is 0 Å². The minimum absolute atomic E-state index is 0.112. The maximum atomic E-state index is 14.9. The van der Waals surface area contributed by atoms with Gasteiger partial charge in [0.1, 0.15) is 36.2 Å². The number of nitrogens with one attached hydrogen (secondary N) is 1. The average Bonchev–Trinajstić information content (AvgIpc) is 3.45. The summed E-state index contributed by atoms with van der Waals surface area (Å²) in [6, 6.07) is 10.4. The number of rotatable bonds is 10. The molecule has 0 amide bonds. The van der Waals surface area contributed by atoms with Crippen LogP contribution in [-0.2, 0) is 22.7 Å². The van der Waals surface area contributed by atoms with E-state index in [0.29, 0.717) is 55.9 Å². The van der Waals surface area contributed by atoms with E-state index in [4.69, 9.17) is 19.7 Å². The van der Waals surface area contributed by atoms with Gasteiger partial charge in [0.2, 0.25) is 0 Å². The summed E-state index contributed by atoms with van der Waals surface area (Å²) in [5.41, 5.74) is 1.23. The number of hydrogen-bond donors (Lipinski definition) is 3. The van der Waals surface area contributed by atoms with Crippen molar-refractivity contribution >= 4 is 23.4 Å². The molecule has 5 rings (SSSR count). The number of carboxylic acids is 2. The van der Waals surface area contributed by atoms with Crippen LogP contribution in [-0.4, -0.2) is 74.8 Å². The Morgan fingerprint density at radius 2 is 1.72 bits per heavy atom. The topological polar surface area (TPSA) is 179 Å². The number of nitro groups is 1. The van der Waals surface area contributed by atoms with E-state index in [1.54, 1.807) is 10.6 Å². The van der Waals surface area contributed by atoms with Gasteiger partial charge in [-0.1, -0.05) is 6.07 Å². The molecule has 0 unspecified atom stereocenters. The summed E-state index contributed by atoms with van der Waals surface area (Å²) in [6.07, 6.45) is -1.09. The van der Waals surface area contributed by atoms with E-state index >= 15 is 0 Å². The molecule has 2 aromatic carbocycles. The van der Waals surface area contributed by atoms with Gasteiger partial charge in [0.15, 0.2) is 0 Å². The monoisotopic (exact) mass is 667 g/mol. The van der Waals surface area contributed by atoms with Crippen LogP contribution in [0.5, 0.6) is 17.5 Å². The molecule has 14 nitrogen and oxygen atoms in total. The second kappa shape index (κ2) is 15.3. The van der Waals surface area contributed by atoms with Gasteiger partial charge in [-0.05, 0) is 41.3 Å². The molecule has 3 heterocycles. The van der Waals surface area contributed by atoms with Gasteiger partial charge in [-0.2, -0.15) is 0 Å². The predicted molar refractivity (Wildman–Crippen MR) is 155 cm³/mol. The van der Waals surface area contributed by atoms with Gasteiger partial charge >= 0.3 is 30.1 Å². The van der Waals surface area contributed by atoms with E-state index in [1.165, 1.54) is 36.5 Å². The molecule has 1 saturated heterocycles. The second-order valence-electron chi connectivity index (χ2n) is 10.3. The molecule has 252 valence electrons. The zero-order chi connectivity index (χ0) is 34.1. The molecule has 18 heteroatoms. The van der Waals surface area contributed by atoms with Gasteiger partial charge in [-0.3, -0.25) is 4.57 Å². The summed E-state index contributed by atoms with van der Waals surface area (Å²) in [5, 5.41) is 29.7. The molecule has 1 fully saturated rings. The zero-order valence-corrected chi connectivity index (χ0v) is 24.4. The van der Waals surface area contributed by atoms with Crippen LogP contribution in [0.1, 0.15) is 18.4 Å². The van der Waals surface area contributed by atoms with Crippen LogP contribution in [0.4, 0.5) is 29.1 Å². The minimum atomic E-state index is -4.74. The van der Waals surface area contributed by atoms with Crippen molar-refractivity contribution in [1.29, 1.82) is 0 Å². The Morgan fingerprint density at radius 3 is 2.30 bits per heavy atom. The average molecular weight is 668 g/mol. The molecule has 0 spiro atoms. The first-order valence-electron chi connectivity index (χ1n) is 14.0. The van der Waals surface area contributed by atoms with Crippen LogP contribution < -0.4 is 24.4 Å². The Hall–Kier alpha value is -5.39. The molecule has 0 aliphatic carbocycles. The Bertz CT molecular complexity index is 1570. The molecule has 0 saturated carbocycles. The van der Waals surface area contributed by atoms with Crippen LogP contribution in [0, 0.1) is 15.9 Å². The van der Waals surface area contributed by atoms with Gasteiger partial charge < -0.3 is 44.8 Å². The third kappa shape index (κ3) is 10.6. The van der Waals surface area contributed by atoms with Crippen molar-refractivity contribution in [2.75, 3.05) is 24.6 Å². The number of alkyl halides is 3. The quantitative estimate of drug-likeness (QED) is 0.122. The third-order valence-corrected chi connectivity index (χ3v) is 6.90. The van der Waals surface area contributed by atoms with Crippen molar-refractivity contribution in [3.63, 3.8) is 0 Å². The van der Waals surface area contributed by atoms with Gasteiger partial charge in [0.05, 0.1) is 6.04 Å². The second-order valence-corrected chi connectivity index (χ2v) is 10.3. The fraction of sp³-hybridized carbons (Fsp3) is 0.345. The van der Waals surface area contributed by atoms with E-state index in [0.717, 1.165) is 5.69 Å². The highest BCUT2D eigenvalue weighted by Crippen LogP contribution is 2.28. The van der Waals surface area contributed by atoms with Crippen molar-refractivity contribution < 1.29 is 56.5 Å². The normalized spacial score (nSPS) is 16.4. The SMILES string of the molecule is O=C(O)/C=C\C(=O)O.O=[N+]([O-])c1cn2c(n1)OC[C@@H](NCc1ccc(N3CCC(Oc4ccc(OC(F)(F)F)cc4)CC3)cc1F)C2. The molecule has 1 aromatic heterocycles. The number of carboxylic acid groups (broad SMARTS) is 2. The van der Waals surface area contributed by atoms with E-state index in [-0.39, 0.29) is 48.7 Å². The fourth-order valence-corrected chi connectivity index (χ4v) is 4.73. The first-order chi connectivity index (χ1) is 22.3. The largest absolute Gasteiger partial charge is 0.573 e. The standard InChI is InChI=1S/C25H25F4N5O5.C4H4O4/c26-22-11-18(2-1-16(22)12-30-17-13-33-14-23(34(35)36)31-24(33)37-15-17)32-9-7-20(8-10-32)38-19-3-5-21(6-4-19)39-25(27,28)29;5-3(6)1-2-4(7)8/h1-6,11,14,17,20,30H,7-10,12-13,15H2;1-2H,(H,5,6)(H,7,8)/b;2-1-/t17-;/m0./s1. The molecule has 3 aromatic rings. The lowest BCUT2D eigenvalue weighted by Gasteiger charge is -2.34. The number of anilines is 1. The van der Waals surface area contributed by atoms with Gasteiger partial charge in [0, 0.05) is 67.4 Å². The number of carbonyl (C=O) groups is 2. The summed E-state index contributed by atoms with van der Waals surface area (Å²) in [4.78, 5) is 35.3. The van der Waals surface area contributed by atoms with Gasteiger partial charge in [-0.15, -0.1) is 13.2 Å². The molecule has 2 aliphatic heterocycles. The summed E-state index contributed by atoms with van der Waals surface area (Å²) >= 11 is 0. The van der Waals surface area contributed by atoms with E-state index in [1.807, 2.05) is 6.07 Å². The molecule has 2 aliphatic rings. The minimum Gasteiger partial charge on any atom is -0.490 e. The summed E-state index contributed by atoms with van der Waals surface area (Å²) < 4.78 is 68.6. The molecule has 1 atom stereocenters. The lowest BCUT2D eigenvalue weighted by atomic mass is 10.1. The van der Waals surface area contributed by atoms with Crippen LogP contribution in [0.3, 0.4) is 0 Å².